The third-order valence-electron chi connectivity index (χ3n) is 3.05. The van der Waals surface area contributed by atoms with Crippen LogP contribution in [0.1, 0.15) is 38.4 Å². The molecule has 100 valence electrons. The monoisotopic (exact) mass is 269 g/mol. The van der Waals surface area contributed by atoms with Crippen molar-refractivity contribution in [2.24, 2.45) is 0 Å². The van der Waals surface area contributed by atoms with Gasteiger partial charge in [-0.05, 0) is 12.8 Å². The zero-order valence-corrected chi connectivity index (χ0v) is 11.5. The SMILES string of the molecule is CC(C)c1nc(NC2CCS(=O)CC2)cc(=O)[nH]1. The zero-order chi connectivity index (χ0) is 13.1. The van der Waals surface area contributed by atoms with E-state index >= 15 is 0 Å². The van der Waals surface area contributed by atoms with E-state index in [-0.39, 0.29) is 17.5 Å². The molecule has 0 bridgehead atoms. The Morgan fingerprint density at radius 1 is 1.44 bits per heavy atom. The van der Waals surface area contributed by atoms with Crippen molar-refractivity contribution in [3.05, 3.63) is 22.2 Å². The largest absolute Gasteiger partial charge is 0.367 e. The van der Waals surface area contributed by atoms with Gasteiger partial charge in [-0.3, -0.25) is 9.00 Å². The molecule has 1 fully saturated rings. The molecule has 0 spiro atoms. The molecular weight excluding hydrogens is 250 g/mol. The normalized spacial score (nSPS) is 24.2. The summed E-state index contributed by atoms with van der Waals surface area (Å²) in [6, 6.07) is 1.76. The van der Waals surface area contributed by atoms with Crippen molar-refractivity contribution in [2.75, 3.05) is 16.8 Å². The van der Waals surface area contributed by atoms with E-state index in [9.17, 15) is 9.00 Å². The Balaban J connectivity index is 2.09. The lowest BCUT2D eigenvalue weighted by molar-refractivity contribution is 0.621. The molecule has 0 atom stereocenters. The third kappa shape index (κ3) is 3.41. The van der Waals surface area contributed by atoms with Crippen LogP contribution in [0, 0.1) is 0 Å². The first-order valence-electron chi connectivity index (χ1n) is 6.27. The van der Waals surface area contributed by atoms with Gasteiger partial charge in [-0.25, -0.2) is 4.98 Å². The molecule has 1 aromatic rings. The summed E-state index contributed by atoms with van der Waals surface area (Å²) in [5.41, 5.74) is -0.129. The van der Waals surface area contributed by atoms with E-state index in [1.165, 1.54) is 6.07 Å². The average Bonchev–Trinajstić information content (AvgIpc) is 2.31. The molecule has 18 heavy (non-hydrogen) atoms. The Morgan fingerprint density at radius 3 is 2.72 bits per heavy atom. The van der Waals surface area contributed by atoms with Crippen molar-refractivity contribution in [1.29, 1.82) is 0 Å². The lowest BCUT2D eigenvalue weighted by atomic mass is 10.1. The van der Waals surface area contributed by atoms with Crippen molar-refractivity contribution in [2.45, 2.75) is 38.6 Å². The number of rotatable bonds is 3. The van der Waals surface area contributed by atoms with Crippen LogP contribution in [-0.2, 0) is 10.8 Å². The molecular formula is C12H19N3O2S. The molecule has 2 rings (SSSR count). The predicted octanol–water partition coefficient (Wildman–Crippen LogP) is 1.22. The second-order valence-corrected chi connectivity index (χ2v) is 6.63. The van der Waals surface area contributed by atoms with Crippen molar-refractivity contribution in [3.63, 3.8) is 0 Å². The molecule has 0 aromatic carbocycles. The van der Waals surface area contributed by atoms with E-state index in [1.807, 2.05) is 13.8 Å². The fourth-order valence-electron chi connectivity index (χ4n) is 1.97. The van der Waals surface area contributed by atoms with Gasteiger partial charge in [0, 0.05) is 40.3 Å². The quantitative estimate of drug-likeness (QED) is 0.865. The van der Waals surface area contributed by atoms with Crippen LogP contribution in [0.2, 0.25) is 0 Å². The molecule has 0 unspecified atom stereocenters. The number of aromatic amines is 1. The lowest BCUT2D eigenvalue weighted by Gasteiger charge is -2.23. The molecule has 1 aliphatic heterocycles. The van der Waals surface area contributed by atoms with Gasteiger partial charge in [0.25, 0.3) is 5.56 Å². The first kappa shape index (κ1) is 13.3. The number of anilines is 1. The van der Waals surface area contributed by atoms with E-state index in [0.29, 0.717) is 11.6 Å². The third-order valence-corrected chi connectivity index (χ3v) is 4.43. The Bertz CT molecular complexity index is 488. The number of H-pyrrole nitrogens is 1. The van der Waals surface area contributed by atoms with Crippen molar-refractivity contribution >= 4 is 16.6 Å². The molecule has 1 aliphatic rings. The van der Waals surface area contributed by atoms with Crippen molar-refractivity contribution in [1.82, 2.24) is 9.97 Å². The number of hydrogen-bond acceptors (Lipinski definition) is 4. The van der Waals surface area contributed by atoms with Crippen LogP contribution in [0.25, 0.3) is 0 Å². The van der Waals surface area contributed by atoms with Crippen LogP contribution in [0.5, 0.6) is 0 Å². The Labute approximate surface area is 109 Å². The Hall–Kier alpha value is -1.17. The van der Waals surface area contributed by atoms with Crippen molar-refractivity contribution < 1.29 is 4.21 Å². The second-order valence-electron chi connectivity index (χ2n) is 4.94. The van der Waals surface area contributed by atoms with E-state index in [1.54, 1.807) is 0 Å². The van der Waals surface area contributed by atoms with Gasteiger partial charge in [-0.1, -0.05) is 13.8 Å². The highest BCUT2D eigenvalue weighted by molar-refractivity contribution is 7.85. The van der Waals surface area contributed by atoms with Gasteiger partial charge >= 0.3 is 0 Å². The molecule has 1 saturated heterocycles. The van der Waals surface area contributed by atoms with Crippen LogP contribution >= 0.6 is 0 Å². The average molecular weight is 269 g/mol. The number of nitrogens with zero attached hydrogens (tertiary/aromatic N) is 1. The fourth-order valence-corrected chi connectivity index (χ4v) is 3.27. The Morgan fingerprint density at radius 2 is 2.11 bits per heavy atom. The standard InChI is InChI=1S/C12H19N3O2S/c1-8(2)12-14-10(7-11(16)15-12)13-9-3-5-18(17)6-4-9/h7-9H,3-6H2,1-2H3,(H2,13,14,15,16). The topological polar surface area (TPSA) is 74.8 Å². The zero-order valence-electron chi connectivity index (χ0n) is 10.7. The summed E-state index contributed by atoms with van der Waals surface area (Å²) in [6.45, 7) is 3.98. The number of nitrogens with one attached hydrogen (secondary N) is 2. The highest BCUT2D eigenvalue weighted by Crippen LogP contribution is 2.15. The highest BCUT2D eigenvalue weighted by Gasteiger charge is 2.18. The summed E-state index contributed by atoms with van der Waals surface area (Å²) in [4.78, 5) is 18.7. The number of aromatic nitrogens is 2. The van der Waals surface area contributed by atoms with Gasteiger partial charge in [-0.2, -0.15) is 0 Å². The molecule has 0 amide bonds. The first-order valence-corrected chi connectivity index (χ1v) is 7.76. The molecule has 0 radical (unpaired) electrons. The fraction of sp³-hybridized carbons (Fsp3) is 0.667. The maximum atomic E-state index is 11.5. The van der Waals surface area contributed by atoms with Crippen LogP contribution in [-0.4, -0.2) is 31.7 Å². The summed E-state index contributed by atoms with van der Waals surface area (Å²) in [7, 11) is -0.663. The summed E-state index contributed by atoms with van der Waals surface area (Å²) in [5, 5.41) is 3.27. The minimum absolute atomic E-state index is 0.129. The maximum Gasteiger partial charge on any atom is 0.252 e. The minimum atomic E-state index is -0.663. The summed E-state index contributed by atoms with van der Waals surface area (Å²) in [6.07, 6.45) is 1.75. The minimum Gasteiger partial charge on any atom is -0.367 e. The van der Waals surface area contributed by atoms with Gasteiger partial charge in [0.15, 0.2) is 0 Å². The van der Waals surface area contributed by atoms with E-state index in [4.69, 9.17) is 0 Å². The second kappa shape index (κ2) is 5.65. The van der Waals surface area contributed by atoms with Crippen LogP contribution in [0.15, 0.2) is 10.9 Å². The van der Waals surface area contributed by atoms with E-state index < -0.39 is 10.8 Å². The predicted molar refractivity (Wildman–Crippen MR) is 73.5 cm³/mol. The van der Waals surface area contributed by atoms with Crippen LogP contribution in [0.3, 0.4) is 0 Å². The van der Waals surface area contributed by atoms with E-state index in [2.05, 4.69) is 15.3 Å². The van der Waals surface area contributed by atoms with Gasteiger partial charge in [0.1, 0.15) is 11.6 Å². The van der Waals surface area contributed by atoms with Crippen LogP contribution in [0.4, 0.5) is 5.82 Å². The molecule has 2 N–H and O–H groups in total. The summed E-state index contributed by atoms with van der Waals surface area (Å²) >= 11 is 0. The van der Waals surface area contributed by atoms with Crippen molar-refractivity contribution in [3.8, 4) is 0 Å². The van der Waals surface area contributed by atoms with Crippen LogP contribution < -0.4 is 10.9 Å². The maximum absolute atomic E-state index is 11.5. The first-order chi connectivity index (χ1) is 8.54. The Kier molecular flexibility index (Phi) is 4.16. The summed E-state index contributed by atoms with van der Waals surface area (Å²) < 4.78 is 11.3. The van der Waals surface area contributed by atoms with Gasteiger partial charge in [-0.15, -0.1) is 0 Å². The molecule has 2 heterocycles. The molecule has 0 saturated carbocycles. The van der Waals surface area contributed by atoms with E-state index in [0.717, 1.165) is 24.3 Å². The molecule has 0 aliphatic carbocycles. The van der Waals surface area contributed by atoms with Gasteiger partial charge in [0.2, 0.25) is 0 Å². The molecule has 6 heteroatoms. The lowest BCUT2D eigenvalue weighted by Crippen LogP contribution is -2.30. The smallest absolute Gasteiger partial charge is 0.252 e. The molecule has 1 aromatic heterocycles. The van der Waals surface area contributed by atoms with Gasteiger partial charge in [0.05, 0.1) is 0 Å². The molecule has 5 nitrogen and oxygen atoms in total. The number of hydrogen-bond donors (Lipinski definition) is 2. The highest BCUT2D eigenvalue weighted by atomic mass is 32.2. The van der Waals surface area contributed by atoms with Gasteiger partial charge < -0.3 is 10.3 Å². The summed E-state index contributed by atoms with van der Waals surface area (Å²) in [5.74, 6) is 2.98.